The molecule has 0 saturated heterocycles. The number of hydrogen-bond donors (Lipinski definition) is 0. The molecule has 0 bridgehead atoms. The zero-order valence-electron chi connectivity index (χ0n) is 21.8. The Labute approximate surface area is 222 Å². The average Bonchev–Trinajstić information content (AvgIpc) is 3.10. The molecule has 0 saturated carbocycles. The third-order valence-electron chi connectivity index (χ3n) is 7.43. The van der Waals surface area contributed by atoms with Crippen molar-refractivity contribution in [3.63, 3.8) is 0 Å². The lowest BCUT2D eigenvalue weighted by Gasteiger charge is -2.47. The fourth-order valence-corrected chi connectivity index (χ4v) is 5.37. The Balaban J connectivity index is 1.48. The SMILES string of the molecule is C=Cc1ccc2c(c1)C(C)(C)C1(C=Cc3cc([N+](=O)[O-])cc(OC)c3O1)N2CCCCOc1ccccn1. The highest BCUT2D eigenvalue weighted by atomic mass is 16.6. The summed E-state index contributed by atoms with van der Waals surface area (Å²) in [6.07, 6.45) is 9.18. The van der Waals surface area contributed by atoms with Gasteiger partial charge < -0.3 is 19.1 Å². The predicted octanol–water partition coefficient (Wildman–Crippen LogP) is 6.40. The number of nitro benzene ring substituents is 1. The van der Waals surface area contributed by atoms with Crippen LogP contribution in [0.25, 0.3) is 12.2 Å². The van der Waals surface area contributed by atoms with E-state index in [9.17, 15) is 10.1 Å². The Morgan fingerprint density at radius 2 is 2.03 bits per heavy atom. The Bertz CT molecular complexity index is 1400. The van der Waals surface area contributed by atoms with Gasteiger partial charge in [-0.3, -0.25) is 10.1 Å². The number of hydrogen-bond acceptors (Lipinski definition) is 7. The number of nitro groups is 1. The highest BCUT2D eigenvalue weighted by Gasteiger charge is 2.59. The van der Waals surface area contributed by atoms with Crippen LogP contribution in [0.5, 0.6) is 17.4 Å². The normalized spacial score (nSPS) is 18.4. The van der Waals surface area contributed by atoms with E-state index in [1.165, 1.54) is 19.2 Å². The van der Waals surface area contributed by atoms with Crippen molar-refractivity contribution in [2.24, 2.45) is 0 Å². The lowest BCUT2D eigenvalue weighted by atomic mass is 9.76. The molecule has 2 aromatic carbocycles. The van der Waals surface area contributed by atoms with Gasteiger partial charge in [0.2, 0.25) is 11.6 Å². The third-order valence-corrected chi connectivity index (χ3v) is 7.43. The van der Waals surface area contributed by atoms with Crippen LogP contribution in [0.15, 0.2) is 67.4 Å². The van der Waals surface area contributed by atoms with Gasteiger partial charge in [0.25, 0.3) is 5.69 Å². The summed E-state index contributed by atoms with van der Waals surface area (Å²) in [6, 6.07) is 14.9. The number of ether oxygens (including phenoxy) is 3. The fraction of sp³-hybridized carbons (Fsp3) is 0.300. The second kappa shape index (κ2) is 9.85. The summed E-state index contributed by atoms with van der Waals surface area (Å²) in [5, 5.41) is 11.5. The predicted molar refractivity (Wildman–Crippen MR) is 148 cm³/mol. The van der Waals surface area contributed by atoms with E-state index >= 15 is 0 Å². The molecule has 3 aromatic rings. The van der Waals surface area contributed by atoms with E-state index in [-0.39, 0.29) is 5.69 Å². The molecule has 0 amide bonds. The second-order valence-electron chi connectivity index (χ2n) is 9.94. The number of benzene rings is 2. The van der Waals surface area contributed by atoms with Crippen molar-refractivity contribution in [3.05, 3.63) is 94.2 Å². The van der Waals surface area contributed by atoms with Crippen LogP contribution in [0.2, 0.25) is 0 Å². The molecule has 0 N–H and O–H groups in total. The summed E-state index contributed by atoms with van der Waals surface area (Å²) in [5.74, 6) is 1.44. The first-order valence-electron chi connectivity index (χ1n) is 12.6. The molecule has 8 nitrogen and oxygen atoms in total. The first kappa shape index (κ1) is 25.3. The molecule has 1 atom stereocenters. The Morgan fingerprint density at radius 3 is 2.74 bits per heavy atom. The molecule has 38 heavy (non-hydrogen) atoms. The first-order chi connectivity index (χ1) is 18.3. The van der Waals surface area contributed by atoms with Gasteiger partial charge in [0, 0.05) is 36.1 Å². The molecular weight excluding hydrogens is 482 g/mol. The number of pyridine rings is 1. The van der Waals surface area contributed by atoms with Crippen molar-refractivity contribution < 1.29 is 19.1 Å². The van der Waals surface area contributed by atoms with Gasteiger partial charge in [0.05, 0.1) is 30.1 Å². The Kier molecular flexibility index (Phi) is 6.57. The molecule has 0 fully saturated rings. The minimum atomic E-state index is -0.868. The van der Waals surface area contributed by atoms with E-state index in [0.29, 0.717) is 36.1 Å². The van der Waals surface area contributed by atoms with Gasteiger partial charge in [-0.05, 0) is 68.2 Å². The molecule has 3 heterocycles. The van der Waals surface area contributed by atoms with Crippen molar-refractivity contribution >= 4 is 23.5 Å². The van der Waals surface area contributed by atoms with Gasteiger partial charge in [-0.1, -0.05) is 24.8 Å². The average molecular weight is 514 g/mol. The molecule has 1 spiro atoms. The lowest BCUT2D eigenvalue weighted by Crippen LogP contribution is -2.59. The van der Waals surface area contributed by atoms with Gasteiger partial charge in [0.15, 0.2) is 11.5 Å². The van der Waals surface area contributed by atoms with Crippen molar-refractivity contribution in [3.8, 4) is 17.4 Å². The molecule has 0 aliphatic carbocycles. The molecule has 1 aromatic heterocycles. The number of anilines is 1. The minimum Gasteiger partial charge on any atom is -0.493 e. The molecule has 8 heteroatoms. The number of fused-ring (bicyclic) bond motifs is 2. The highest BCUT2D eigenvalue weighted by molar-refractivity contribution is 5.76. The van der Waals surface area contributed by atoms with E-state index in [4.69, 9.17) is 14.2 Å². The molecule has 2 aliphatic rings. The van der Waals surface area contributed by atoms with Gasteiger partial charge in [-0.15, -0.1) is 0 Å². The monoisotopic (exact) mass is 513 g/mol. The molecule has 1 unspecified atom stereocenters. The van der Waals surface area contributed by atoms with Gasteiger partial charge in [0.1, 0.15) is 0 Å². The van der Waals surface area contributed by atoms with E-state index in [1.807, 2.05) is 36.4 Å². The Hall–Kier alpha value is -4.33. The lowest BCUT2D eigenvalue weighted by molar-refractivity contribution is -0.385. The summed E-state index contributed by atoms with van der Waals surface area (Å²) < 4.78 is 18.2. The largest absolute Gasteiger partial charge is 0.493 e. The van der Waals surface area contributed by atoms with Crippen LogP contribution in [-0.2, 0) is 5.41 Å². The smallest absolute Gasteiger partial charge is 0.274 e. The van der Waals surface area contributed by atoms with E-state index in [2.05, 4.69) is 48.5 Å². The summed E-state index contributed by atoms with van der Waals surface area (Å²) >= 11 is 0. The number of non-ortho nitro benzene ring substituents is 1. The fourth-order valence-electron chi connectivity index (χ4n) is 5.37. The minimum absolute atomic E-state index is 0.0424. The molecule has 2 aliphatic heterocycles. The van der Waals surface area contributed by atoms with Crippen LogP contribution in [0.3, 0.4) is 0 Å². The quantitative estimate of drug-likeness (QED) is 0.186. The molecule has 0 radical (unpaired) electrons. The van der Waals surface area contributed by atoms with Crippen molar-refractivity contribution in [1.82, 2.24) is 4.98 Å². The maximum absolute atomic E-state index is 11.5. The number of aromatic nitrogens is 1. The summed E-state index contributed by atoms with van der Waals surface area (Å²) in [7, 11) is 1.50. The second-order valence-corrected chi connectivity index (χ2v) is 9.94. The van der Waals surface area contributed by atoms with E-state index < -0.39 is 16.1 Å². The maximum atomic E-state index is 11.5. The van der Waals surface area contributed by atoms with Crippen molar-refractivity contribution in [2.75, 3.05) is 25.2 Å². The summed E-state index contributed by atoms with van der Waals surface area (Å²) in [5.41, 5.74) is 2.50. The molecule has 196 valence electrons. The summed E-state index contributed by atoms with van der Waals surface area (Å²) in [6.45, 7) is 9.54. The molecular formula is C30H31N3O5. The van der Waals surface area contributed by atoms with Crippen LogP contribution in [0.1, 0.15) is 43.4 Å². The topological polar surface area (TPSA) is 87.0 Å². The van der Waals surface area contributed by atoms with Crippen LogP contribution in [-0.4, -0.2) is 35.9 Å². The van der Waals surface area contributed by atoms with Crippen LogP contribution < -0.4 is 19.1 Å². The summed E-state index contributed by atoms with van der Waals surface area (Å²) in [4.78, 5) is 17.6. The number of nitrogens with zero attached hydrogens (tertiary/aromatic N) is 3. The van der Waals surface area contributed by atoms with Gasteiger partial charge >= 0.3 is 0 Å². The van der Waals surface area contributed by atoms with Crippen LogP contribution in [0.4, 0.5) is 11.4 Å². The zero-order valence-corrected chi connectivity index (χ0v) is 21.8. The Morgan fingerprint density at radius 1 is 1.18 bits per heavy atom. The standard InChI is InChI=1S/C30H31N3O5/c1-5-21-11-12-25-24(18-21)29(2,3)30(32(25)16-8-9-17-37-27-10-6-7-15-31-27)14-13-22-19-23(33(34)35)20-26(36-4)28(22)38-30/h5-7,10-15,18-20H,1,8-9,16-17H2,2-4H3. The number of methoxy groups -OCH3 is 1. The van der Waals surface area contributed by atoms with Gasteiger partial charge in [-0.2, -0.15) is 0 Å². The van der Waals surface area contributed by atoms with E-state index in [0.717, 1.165) is 29.7 Å². The van der Waals surface area contributed by atoms with E-state index in [1.54, 1.807) is 6.20 Å². The number of rotatable bonds is 9. The highest BCUT2D eigenvalue weighted by Crippen LogP contribution is 2.56. The first-order valence-corrected chi connectivity index (χ1v) is 12.6. The third kappa shape index (κ3) is 4.16. The van der Waals surface area contributed by atoms with Crippen molar-refractivity contribution in [2.45, 2.75) is 37.8 Å². The van der Waals surface area contributed by atoms with Crippen molar-refractivity contribution in [1.29, 1.82) is 0 Å². The maximum Gasteiger partial charge on any atom is 0.274 e. The number of unbranched alkanes of at least 4 members (excludes halogenated alkanes) is 1. The zero-order chi connectivity index (χ0) is 26.9. The van der Waals surface area contributed by atoms with Crippen LogP contribution >= 0.6 is 0 Å². The molecule has 5 rings (SSSR count). The van der Waals surface area contributed by atoms with Gasteiger partial charge in [-0.25, -0.2) is 4.98 Å². The van der Waals surface area contributed by atoms with Crippen LogP contribution in [0, 0.1) is 10.1 Å².